The molecule has 1 aliphatic rings. The lowest BCUT2D eigenvalue weighted by Gasteiger charge is -2.21. The Hall–Kier alpha value is -2.77. The minimum absolute atomic E-state index is 0.116. The van der Waals surface area contributed by atoms with Crippen LogP contribution in [-0.4, -0.2) is 43.6 Å². The Labute approximate surface area is 156 Å². The van der Waals surface area contributed by atoms with Gasteiger partial charge >= 0.3 is 0 Å². The summed E-state index contributed by atoms with van der Waals surface area (Å²) in [6, 6.07) is 6.92. The van der Waals surface area contributed by atoms with Crippen LogP contribution < -0.4 is 5.73 Å². The van der Waals surface area contributed by atoms with Crippen molar-refractivity contribution in [2.45, 2.75) is 25.3 Å². The number of fused-ring (bicyclic) bond motifs is 2. The lowest BCUT2D eigenvalue weighted by atomic mass is 9.84. The van der Waals surface area contributed by atoms with Crippen LogP contribution in [0.25, 0.3) is 10.9 Å². The highest BCUT2D eigenvalue weighted by molar-refractivity contribution is 6.09. The Morgan fingerprint density at radius 1 is 1.37 bits per heavy atom. The van der Waals surface area contributed by atoms with Crippen LogP contribution in [0.15, 0.2) is 36.8 Å². The first-order chi connectivity index (χ1) is 13.0. The molecule has 0 saturated carbocycles. The molecule has 0 bridgehead atoms. The zero-order valence-electron chi connectivity index (χ0n) is 15.1. The molecule has 0 aliphatic heterocycles. The summed E-state index contributed by atoms with van der Waals surface area (Å²) >= 11 is 0. The van der Waals surface area contributed by atoms with Crippen molar-refractivity contribution in [2.75, 3.05) is 6.61 Å². The number of aliphatic hydroxyl groups excluding tert-OH is 1. The average molecular weight is 366 g/mol. The molecule has 1 aromatic carbocycles. The van der Waals surface area contributed by atoms with Crippen molar-refractivity contribution in [1.29, 1.82) is 0 Å². The highest BCUT2D eigenvalue weighted by Gasteiger charge is 2.31. The van der Waals surface area contributed by atoms with Gasteiger partial charge in [0.2, 0.25) is 0 Å². The molecule has 2 heterocycles. The summed E-state index contributed by atoms with van der Waals surface area (Å²) in [6.45, 7) is -0.409. The summed E-state index contributed by atoms with van der Waals surface area (Å²) in [4.78, 5) is 29.8. The van der Waals surface area contributed by atoms with Crippen molar-refractivity contribution in [3.63, 3.8) is 0 Å². The molecule has 7 nitrogen and oxygen atoms in total. The molecule has 0 amide bonds. The minimum atomic E-state index is -0.960. The number of hydrogen-bond donors (Lipinski definition) is 2. The van der Waals surface area contributed by atoms with Crippen molar-refractivity contribution in [3.05, 3.63) is 53.7 Å². The van der Waals surface area contributed by atoms with Crippen LogP contribution in [0.2, 0.25) is 0 Å². The standard InChI is InChI=1S/C20H22N4O3/c1-23-9-14(13-4-2-3-5-17(13)23)19(26)12-6-7-18-16(8-12)22-11-24(18)20(27)15(21)10-25/h2-5,9,11-12,15,25H,6-8,10,21H2,1H3/t12-,15?/m1/s1. The number of imidazole rings is 1. The van der Waals surface area contributed by atoms with Gasteiger partial charge in [-0.3, -0.25) is 14.2 Å². The van der Waals surface area contributed by atoms with Gasteiger partial charge in [-0.15, -0.1) is 0 Å². The van der Waals surface area contributed by atoms with Crippen LogP contribution >= 0.6 is 0 Å². The minimum Gasteiger partial charge on any atom is -0.394 e. The van der Waals surface area contributed by atoms with E-state index in [9.17, 15) is 9.59 Å². The molecule has 0 fully saturated rings. The number of rotatable bonds is 4. The van der Waals surface area contributed by atoms with Crippen LogP contribution in [0.3, 0.4) is 0 Å². The van der Waals surface area contributed by atoms with E-state index in [2.05, 4.69) is 4.98 Å². The van der Waals surface area contributed by atoms with E-state index in [0.717, 1.165) is 27.9 Å². The maximum atomic E-state index is 13.2. The third-order valence-corrected chi connectivity index (χ3v) is 5.41. The number of nitrogens with two attached hydrogens (primary N) is 1. The first-order valence-corrected chi connectivity index (χ1v) is 9.05. The molecular formula is C20H22N4O3. The SMILES string of the molecule is Cn1cc(C(=O)[C@@H]2CCc3c(ncn3C(=O)C(N)CO)C2)c2ccccc21. The van der Waals surface area contributed by atoms with Gasteiger partial charge < -0.3 is 15.4 Å². The van der Waals surface area contributed by atoms with Crippen LogP contribution in [0.1, 0.15) is 33.0 Å². The number of carbonyl (C=O) groups excluding carboxylic acids is 2. The first kappa shape index (κ1) is 17.6. The molecule has 2 aromatic heterocycles. The Balaban J connectivity index is 1.61. The number of carbonyl (C=O) groups is 2. The van der Waals surface area contributed by atoms with E-state index >= 15 is 0 Å². The summed E-state index contributed by atoms with van der Waals surface area (Å²) in [5.74, 6) is -0.413. The van der Waals surface area contributed by atoms with Crippen molar-refractivity contribution in [2.24, 2.45) is 18.7 Å². The Morgan fingerprint density at radius 2 is 2.15 bits per heavy atom. The molecule has 3 aromatic rings. The predicted molar refractivity (Wildman–Crippen MR) is 101 cm³/mol. The van der Waals surface area contributed by atoms with Gasteiger partial charge in [-0.1, -0.05) is 18.2 Å². The van der Waals surface area contributed by atoms with Gasteiger partial charge in [-0.2, -0.15) is 0 Å². The largest absolute Gasteiger partial charge is 0.394 e. The molecule has 140 valence electrons. The van der Waals surface area contributed by atoms with Crippen LogP contribution in [0.5, 0.6) is 0 Å². The summed E-state index contributed by atoms with van der Waals surface area (Å²) in [5.41, 5.74) is 8.97. The number of aliphatic hydroxyl groups is 1. The van der Waals surface area contributed by atoms with Gasteiger partial charge in [0.1, 0.15) is 12.4 Å². The predicted octanol–water partition coefficient (Wildman–Crippen LogP) is 1.32. The van der Waals surface area contributed by atoms with Crippen molar-refractivity contribution in [3.8, 4) is 0 Å². The Kier molecular flexibility index (Phi) is 4.41. The number of benzene rings is 1. The topological polar surface area (TPSA) is 103 Å². The Morgan fingerprint density at radius 3 is 2.93 bits per heavy atom. The summed E-state index contributed by atoms with van der Waals surface area (Å²) in [6.07, 6.45) is 5.09. The zero-order chi connectivity index (χ0) is 19.1. The zero-order valence-corrected chi connectivity index (χ0v) is 15.1. The monoisotopic (exact) mass is 366 g/mol. The van der Waals surface area contributed by atoms with Crippen LogP contribution in [0, 0.1) is 5.92 Å². The summed E-state index contributed by atoms with van der Waals surface area (Å²) in [5, 5.41) is 10.1. The third kappa shape index (κ3) is 2.89. The van der Waals surface area contributed by atoms with Gasteiger partial charge in [0.25, 0.3) is 5.91 Å². The van der Waals surface area contributed by atoms with Gasteiger partial charge in [0.15, 0.2) is 5.78 Å². The second-order valence-corrected chi connectivity index (χ2v) is 7.11. The van der Waals surface area contributed by atoms with E-state index in [1.165, 1.54) is 10.9 Å². The Bertz CT molecular complexity index is 1030. The van der Waals surface area contributed by atoms with E-state index < -0.39 is 12.6 Å². The number of nitrogens with zero attached hydrogens (tertiary/aromatic N) is 3. The quantitative estimate of drug-likeness (QED) is 0.678. The number of Topliss-reactive ketones (excluding diaryl/α,β-unsaturated/α-hetero) is 1. The maximum Gasteiger partial charge on any atom is 0.251 e. The molecule has 4 rings (SSSR count). The second-order valence-electron chi connectivity index (χ2n) is 7.11. The van der Waals surface area contributed by atoms with E-state index in [1.54, 1.807) is 0 Å². The number of ketones is 1. The summed E-state index contributed by atoms with van der Waals surface area (Å²) < 4.78 is 3.40. The lowest BCUT2D eigenvalue weighted by Crippen LogP contribution is -2.38. The highest BCUT2D eigenvalue weighted by atomic mass is 16.3. The molecule has 0 spiro atoms. The average Bonchev–Trinajstić information content (AvgIpc) is 3.27. The smallest absolute Gasteiger partial charge is 0.251 e. The van der Waals surface area contributed by atoms with E-state index in [1.807, 2.05) is 42.1 Å². The molecular weight excluding hydrogens is 344 g/mol. The first-order valence-electron chi connectivity index (χ1n) is 9.05. The number of aryl methyl sites for hydroxylation is 1. The van der Waals surface area contributed by atoms with Crippen molar-refractivity contribution >= 4 is 22.6 Å². The highest BCUT2D eigenvalue weighted by Crippen LogP contribution is 2.30. The van der Waals surface area contributed by atoms with E-state index in [-0.39, 0.29) is 17.6 Å². The third-order valence-electron chi connectivity index (χ3n) is 5.41. The molecule has 7 heteroatoms. The summed E-state index contributed by atoms with van der Waals surface area (Å²) in [7, 11) is 1.94. The molecule has 1 unspecified atom stereocenters. The van der Waals surface area contributed by atoms with Gasteiger partial charge in [-0.25, -0.2) is 4.98 Å². The van der Waals surface area contributed by atoms with Gasteiger partial charge in [0, 0.05) is 47.7 Å². The van der Waals surface area contributed by atoms with Crippen LogP contribution in [-0.2, 0) is 19.9 Å². The van der Waals surface area contributed by atoms with Gasteiger partial charge in [0.05, 0.1) is 12.3 Å². The molecule has 3 N–H and O–H groups in total. The molecule has 27 heavy (non-hydrogen) atoms. The van der Waals surface area contributed by atoms with Gasteiger partial charge in [-0.05, 0) is 18.9 Å². The number of aromatic nitrogens is 3. The molecule has 0 saturated heterocycles. The maximum absolute atomic E-state index is 13.2. The normalized spacial score (nSPS) is 17.7. The molecule has 2 atom stereocenters. The van der Waals surface area contributed by atoms with Crippen LogP contribution in [0.4, 0.5) is 0 Å². The van der Waals surface area contributed by atoms with Crippen molar-refractivity contribution < 1.29 is 14.7 Å². The molecule has 1 aliphatic carbocycles. The molecule has 0 radical (unpaired) electrons. The lowest BCUT2D eigenvalue weighted by molar-refractivity contribution is 0.0837. The van der Waals surface area contributed by atoms with E-state index in [4.69, 9.17) is 10.8 Å². The van der Waals surface area contributed by atoms with Crippen molar-refractivity contribution in [1.82, 2.24) is 14.1 Å². The second kappa shape index (κ2) is 6.75. The fraction of sp³-hybridized carbons (Fsp3) is 0.350. The number of para-hydroxylation sites is 1. The fourth-order valence-corrected chi connectivity index (χ4v) is 3.92. The fourth-order valence-electron chi connectivity index (χ4n) is 3.92. The number of hydrogen-bond acceptors (Lipinski definition) is 5. The van der Waals surface area contributed by atoms with E-state index in [0.29, 0.717) is 19.3 Å².